The van der Waals surface area contributed by atoms with E-state index in [0.29, 0.717) is 6.54 Å². The third-order valence-corrected chi connectivity index (χ3v) is 3.08. The molecule has 0 aliphatic carbocycles. The van der Waals surface area contributed by atoms with Crippen molar-refractivity contribution in [2.24, 2.45) is 0 Å². The van der Waals surface area contributed by atoms with Crippen LogP contribution in [0.5, 0.6) is 0 Å². The summed E-state index contributed by atoms with van der Waals surface area (Å²) in [4.78, 5) is 0. The number of aliphatic hydroxyl groups is 1. The van der Waals surface area contributed by atoms with Gasteiger partial charge in [0.1, 0.15) is 6.10 Å². The van der Waals surface area contributed by atoms with Crippen molar-refractivity contribution in [1.29, 1.82) is 0 Å². The molecule has 88 valence electrons. The third-order valence-electron chi connectivity index (χ3n) is 3.08. The second-order valence-electron chi connectivity index (χ2n) is 4.37. The standard InChI is InChI=1S/C15H18NO/c1-12-7-3-4-9-14(12)15(17)11-16-10-6-5-8-13(16)2/h3-10,15,17H,11H2,1-2H3/q+1. The van der Waals surface area contributed by atoms with Crippen LogP contribution in [0.25, 0.3) is 0 Å². The van der Waals surface area contributed by atoms with Gasteiger partial charge < -0.3 is 5.11 Å². The Morgan fingerprint density at radius 2 is 1.76 bits per heavy atom. The van der Waals surface area contributed by atoms with Gasteiger partial charge in [-0.25, -0.2) is 0 Å². The maximum atomic E-state index is 10.3. The van der Waals surface area contributed by atoms with E-state index in [1.54, 1.807) is 0 Å². The van der Waals surface area contributed by atoms with Gasteiger partial charge in [-0.05, 0) is 18.1 Å². The van der Waals surface area contributed by atoms with Crippen LogP contribution in [0.1, 0.15) is 22.9 Å². The van der Waals surface area contributed by atoms with Crippen LogP contribution < -0.4 is 4.57 Å². The van der Waals surface area contributed by atoms with Crippen LogP contribution in [0.2, 0.25) is 0 Å². The molecule has 0 saturated carbocycles. The fourth-order valence-electron chi connectivity index (χ4n) is 2.01. The molecule has 2 rings (SSSR count). The molecule has 0 spiro atoms. The van der Waals surface area contributed by atoms with E-state index in [2.05, 4.69) is 4.57 Å². The second kappa shape index (κ2) is 5.11. The first-order valence-corrected chi connectivity index (χ1v) is 5.87. The van der Waals surface area contributed by atoms with Gasteiger partial charge in [0, 0.05) is 19.1 Å². The molecular formula is C15H18NO+. The lowest BCUT2D eigenvalue weighted by Crippen LogP contribution is -2.39. The molecule has 0 amide bonds. The van der Waals surface area contributed by atoms with Gasteiger partial charge in [0.05, 0.1) is 0 Å². The minimum Gasteiger partial charge on any atom is -0.382 e. The fourth-order valence-corrected chi connectivity index (χ4v) is 2.01. The van der Waals surface area contributed by atoms with E-state index in [0.717, 1.165) is 16.8 Å². The number of hydrogen-bond donors (Lipinski definition) is 1. The zero-order valence-electron chi connectivity index (χ0n) is 10.3. The Labute approximate surface area is 102 Å². The normalized spacial score (nSPS) is 12.4. The predicted molar refractivity (Wildman–Crippen MR) is 67.5 cm³/mol. The van der Waals surface area contributed by atoms with E-state index < -0.39 is 6.10 Å². The largest absolute Gasteiger partial charge is 0.382 e. The summed E-state index contributed by atoms with van der Waals surface area (Å²) < 4.78 is 2.07. The molecule has 1 aromatic heterocycles. The van der Waals surface area contributed by atoms with E-state index >= 15 is 0 Å². The summed E-state index contributed by atoms with van der Waals surface area (Å²) in [5.41, 5.74) is 3.29. The van der Waals surface area contributed by atoms with E-state index in [-0.39, 0.29) is 0 Å². The first-order valence-electron chi connectivity index (χ1n) is 5.87. The van der Waals surface area contributed by atoms with Crippen molar-refractivity contribution in [1.82, 2.24) is 0 Å². The molecule has 0 aliphatic rings. The molecule has 2 aromatic rings. The van der Waals surface area contributed by atoms with Crippen molar-refractivity contribution in [3.05, 3.63) is 65.5 Å². The third kappa shape index (κ3) is 2.71. The average Bonchev–Trinajstić information content (AvgIpc) is 2.32. The topological polar surface area (TPSA) is 24.1 Å². The van der Waals surface area contributed by atoms with Gasteiger partial charge in [0.2, 0.25) is 0 Å². The lowest BCUT2D eigenvalue weighted by Gasteiger charge is -2.11. The number of aromatic nitrogens is 1. The number of nitrogens with zero attached hydrogens (tertiary/aromatic N) is 1. The molecule has 2 heteroatoms. The molecule has 2 nitrogen and oxygen atoms in total. The molecule has 0 aliphatic heterocycles. The number of benzene rings is 1. The second-order valence-corrected chi connectivity index (χ2v) is 4.37. The van der Waals surface area contributed by atoms with Crippen LogP contribution in [-0.2, 0) is 6.54 Å². The van der Waals surface area contributed by atoms with Crippen LogP contribution >= 0.6 is 0 Å². The highest BCUT2D eigenvalue weighted by molar-refractivity contribution is 5.27. The molecule has 1 heterocycles. The van der Waals surface area contributed by atoms with Crippen molar-refractivity contribution < 1.29 is 9.67 Å². The molecule has 1 atom stereocenters. The SMILES string of the molecule is Cc1ccccc1C(O)C[n+]1ccccc1C. The summed E-state index contributed by atoms with van der Waals surface area (Å²) in [6.07, 6.45) is 1.54. The zero-order chi connectivity index (χ0) is 12.3. The Morgan fingerprint density at radius 1 is 1.06 bits per heavy atom. The van der Waals surface area contributed by atoms with Gasteiger partial charge in [0.25, 0.3) is 0 Å². The lowest BCUT2D eigenvalue weighted by molar-refractivity contribution is -0.710. The highest BCUT2D eigenvalue weighted by atomic mass is 16.3. The minimum absolute atomic E-state index is 0.456. The Morgan fingerprint density at radius 3 is 2.47 bits per heavy atom. The molecule has 1 N–H and O–H groups in total. The quantitative estimate of drug-likeness (QED) is 0.801. The van der Waals surface area contributed by atoms with E-state index in [4.69, 9.17) is 0 Å². The molecule has 0 bridgehead atoms. The van der Waals surface area contributed by atoms with Gasteiger partial charge in [-0.2, -0.15) is 4.57 Å². The molecule has 1 unspecified atom stereocenters. The lowest BCUT2D eigenvalue weighted by atomic mass is 10.0. The van der Waals surface area contributed by atoms with Crippen LogP contribution in [0.15, 0.2) is 48.7 Å². The Bertz CT molecular complexity index is 508. The highest BCUT2D eigenvalue weighted by Crippen LogP contribution is 2.17. The monoisotopic (exact) mass is 228 g/mol. The predicted octanol–water partition coefficient (Wildman–Crippen LogP) is 2.32. The summed E-state index contributed by atoms with van der Waals surface area (Å²) in [5, 5.41) is 10.3. The Hall–Kier alpha value is -1.67. The Kier molecular flexibility index (Phi) is 3.55. The van der Waals surface area contributed by atoms with Gasteiger partial charge >= 0.3 is 0 Å². The van der Waals surface area contributed by atoms with Gasteiger partial charge in [-0.1, -0.05) is 30.3 Å². The summed E-state index contributed by atoms with van der Waals surface area (Å²) in [7, 11) is 0. The van der Waals surface area contributed by atoms with Crippen molar-refractivity contribution in [2.45, 2.75) is 26.5 Å². The minimum atomic E-state index is -0.456. The average molecular weight is 228 g/mol. The molecule has 0 radical (unpaired) electrons. The maximum absolute atomic E-state index is 10.3. The van der Waals surface area contributed by atoms with E-state index in [1.165, 1.54) is 0 Å². The fraction of sp³-hybridized carbons (Fsp3) is 0.267. The summed E-state index contributed by atoms with van der Waals surface area (Å²) in [5.74, 6) is 0. The number of hydrogen-bond acceptors (Lipinski definition) is 1. The van der Waals surface area contributed by atoms with Crippen molar-refractivity contribution in [2.75, 3.05) is 0 Å². The van der Waals surface area contributed by atoms with Crippen molar-refractivity contribution in [3.63, 3.8) is 0 Å². The van der Waals surface area contributed by atoms with E-state index in [1.807, 2.05) is 62.5 Å². The smallest absolute Gasteiger partial charge is 0.178 e. The zero-order valence-corrected chi connectivity index (χ0v) is 10.3. The number of pyridine rings is 1. The molecular weight excluding hydrogens is 210 g/mol. The van der Waals surface area contributed by atoms with Crippen LogP contribution in [0, 0.1) is 13.8 Å². The van der Waals surface area contributed by atoms with Gasteiger partial charge in [0.15, 0.2) is 18.4 Å². The number of aliphatic hydroxyl groups excluding tert-OH is 1. The highest BCUT2D eigenvalue weighted by Gasteiger charge is 2.16. The number of rotatable bonds is 3. The van der Waals surface area contributed by atoms with Crippen molar-refractivity contribution in [3.8, 4) is 0 Å². The van der Waals surface area contributed by atoms with Gasteiger partial charge in [-0.3, -0.25) is 0 Å². The summed E-state index contributed by atoms with van der Waals surface area (Å²) in [6, 6.07) is 14.0. The summed E-state index contributed by atoms with van der Waals surface area (Å²) in [6.45, 7) is 4.67. The first kappa shape index (κ1) is 11.8. The molecule has 0 saturated heterocycles. The maximum Gasteiger partial charge on any atom is 0.178 e. The van der Waals surface area contributed by atoms with Gasteiger partial charge in [-0.15, -0.1) is 0 Å². The number of aryl methyl sites for hydroxylation is 2. The molecule has 1 aromatic carbocycles. The molecule has 17 heavy (non-hydrogen) atoms. The van der Waals surface area contributed by atoms with E-state index in [9.17, 15) is 5.11 Å². The Balaban J connectivity index is 2.20. The summed E-state index contributed by atoms with van der Waals surface area (Å²) >= 11 is 0. The van der Waals surface area contributed by atoms with Crippen LogP contribution in [0.4, 0.5) is 0 Å². The van der Waals surface area contributed by atoms with Crippen LogP contribution in [0.3, 0.4) is 0 Å². The first-order chi connectivity index (χ1) is 8.18. The van der Waals surface area contributed by atoms with Crippen LogP contribution in [-0.4, -0.2) is 5.11 Å². The van der Waals surface area contributed by atoms with Crippen molar-refractivity contribution >= 4 is 0 Å². The molecule has 0 fully saturated rings.